The van der Waals surface area contributed by atoms with Gasteiger partial charge in [0.15, 0.2) is 5.82 Å². The predicted molar refractivity (Wildman–Crippen MR) is 119 cm³/mol. The molecule has 8 heteroatoms. The average Bonchev–Trinajstić information content (AvgIpc) is 3.17. The minimum absolute atomic E-state index is 0.0884. The lowest BCUT2D eigenvalue weighted by Crippen LogP contribution is -2.41. The number of aromatic nitrogens is 3. The summed E-state index contributed by atoms with van der Waals surface area (Å²) in [5.41, 5.74) is 6.42. The van der Waals surface area contributed by atoms with Crippen molar-refractivity contribution in [2.75, 3.05) is 17.3 Å². The SMILES string of the molecule is CCOc1ccc(NC(=O)[C@H]2Sc3nnc(CC)n3N[C@H]2c2ccc(C)cc2)cc1. The second-order valence-corrected chi connectivity index (χ2v) is 8.20. The van der Waals surface area contributed by atoms with Gasteiger partial charge in [-0.15, -0.1) is 10.2 Å². The summed E-state index contributed by atoms with van der Waals surface area (Å²) >= 11 is 1.43. The molecule has 0 fully saturated rings. The van der Waals surface area contributed by atoms with Crippen LogP contribution in [0.1, 0.15) is 36.8 Å². The standard InChI is InChI=1S/C22H25N5O2S/c1-4-18-24-25-22-27(18)26-19(15-8-6-14(3)7-9-15)20(30-22)21(28)23-16-10-12-17(13-11-16)29-5-2/h6-13,19-20,26H,4-5H2,1-3H3,(H,23,28)/t19-,20-/m0/s1. The highest BCUT2D eigenvalue weighted by atomic mass is 32.2. The van der Waals surface area contributed by atoms with E-state index >= 15 is 0 Å². The molecule has 0 spiro atoms. The fourth-order valence-electron chi connectivity index (χ4n) is 3.37. The Kier molecular flexibility index (Phi) is 5.94. The molecule has 3 aromatic rings. The summed E-state index contributed by atoms with van der Waals surface area (Å²) in [5, 5.41) is 11.8. The van der Waals surface area contributed by atoms with Crippen molar-refractivity contribution >= 4 is 23.4 Å². The van der Waals surface area contributed by atoms with E-state index < -0.39 is 5.25 Å². The quantitative estimate of drug-likeness (QED) is 0.625. The van der Waals surface area contributed by atoms with Crippen LogP contribution in [-0.4, -0.2) is 32.6 Å². The van der Waals surface area contributed by atoms with E-state index in [0.717, 1.165) is 29.2 Å². The summed E-state index contributed by atoms with van der Waals surface area (Å²) < 4.78 is 7.37. The molecule has 1 aromatic heterocycles. The molecule has 0 aliphatic carbocycles. The first-order valence-corrected chi connectivity index (χ1v) is 10.9. The van der Waals surface area contributed by atoms with Crippen LogP contribution in [0, 0.1) is 6.92 Å². The Hall–Kier alpha value is -3.00. The summed E-state index contributed by atoms with van der Waals surface area (Å²) in [7, 11) is 0. The number of hydrogen-bond acceptors (Lipinski definition) is 6. The average molecular weight is 424 g/mol. The molecule has 0 unspecified atom stereocenters. The third-order valence-electron chi connectivity index (χ3n) is 4.95. The molecule has 7 nitrogen and oxygen atoms in total. The third kappa shape index (κ3) is 4.14. The Morgan fingerprint density at radius 1 is 1.13 bits per heavy atom. The van der Waals surface area contributed by atoms with Gasteiger partial charge in [-0.2, -0.15) is 0 Å². The van der Waals surface area contributed by atoms with Crippen molar-refractivity contribution in [2.24, 2.45) is 0 Å². The molecule has 4 rings (SSSR count). The summed E-state index contributed by atoms with van der Waals surface area (Å²) in [4.78, 5) is 13.3. The number of thioether (sulfide) groups is 1. The predicted octanol–water partition coefficient (Wildman–Crippen LogP) is 3.95. The molecular formula is C22H25N5O2S. The van der Waals surface area contributed by atoms with Crippen LogP contribution in [0.4, 0.5) is 5.69 Å². The van der Waals surface area contributed by atoms with Gasteiger partial charge in [0, 0.05) is 12.1 Å². The van der Waals surface area contributed by atoms with Crippen molar-refractivity contribution in [1.82, 2.24) is 14.9 Å². The minimum atomic E-state index is -0.402. The van der Waals surface area contributed by atoms with Crippen molar-refractivity contribution in [1.29, 1.82) is 0 Å². The van der Waals surface area contributed by atoms with Crippen LogP contribution in [0.25, 0.3) is 0 Å². The molecule has 2 aromatic carbocycles. The number of aryl methyl sites for hydroxylation is 2. The molecular weight excluding hydrogens is 398 g/mol. The summed E-state index contributed by atoms with van der Waals surface area (Å²) in [5.74, 6) is 1.54. The number of anilines is 1. The van der Waals surface area contributed by atoms with E-state index in [1.807, 2.05) is 42.8 Å². The molecule has 0 saturated carbocycles. The zero-order chi connectivity index (χ0) is 21.1. The van der Waals surface area contributed by atoms with Crippen LogP contribution in [0.3, 0.4) is 0 Å². The fourth-order valence-corrected chi connectivity index (χ4v) is 4.46. The maximum atomic E-state index is 13.3. The zero-order valence-corrected chi connectivity index (χ0v) is 18.1. The molecule has 2 atom stereocenters. The topological polar surface area (TPSA) is 81.1 Å². The molecule has 1 aliphatic heterocycles. The van der Waals surface area contributed by atoms with Gasteiger partial charge < -0.3 is 15.5 Å². The van der Waals surface area contributed by atoms with E-state index in [0.29, 0.717) is 11.8 Å². The van der Waals surface area contributed by atoms with Gasteiger partial charge >= 0.3 is 0 Å². The number of nitrogens with one attached hydrogen (secondary N) is 2. The van der Waals surface area contributed by atoms with Gasteiger partial charge in [-0.05, 0) is 43.7 Å². The van der Waals surface area contributed by atoms with Crippen LogP contribution in [0.2, 0.25) is 0 Å². The zero-order valence-electron chi connectivity index (χ0n) is 17.3. The van der Waals surface area contributed by atoms with E-state index in [-0.39, 0.29) is 11.9 Å². The lowest BCUT2D eigenvalue weighted by atomic mass is 10.0. The first kappa shape index (κ1) is 20.3. The van der Waals surface area contributed by atoms with Crippen molar-refractivity contribution in [3.63, 3.8) is 0 Å². The largest absolute Gasteiger partial charge is 0.494 e. The number of carbonyl (C=O) groups is 1. The monoisotopic (exact) mass is 423 g/mol. The first-order valence-electron chi connectivity index (χ1n) is 10.1. The second kappa shape index (κ2) is 8.79. The molecule has 1 aliphatic rings. The number of carbonyl (C=O) groups excluding carboxylic acids is 1. The Morgan fingerprint density at radius 2 is 1.87 bits per heavy atom. The number of amides is 1. The molecule has 0 bridgehead atoms. The molecule has 2 N–H and O–H groups in total. The molecule has 0 radical (unpaired) electrons. The normalized spacial score (nSPS) is 17.7. The van der Waals surface area contributed by atoms with Gasteiger partial charge in [0.1, 0.15) is 11.0 Å². The molecule has 1 amide bonds. The number of rotatable bonds is 6. The van der Waals surface area contributed by atoms with Crippen LogP contribution in [0.5, 0.6) is 5.75 Å². The van der Waals surface area contributed by atoms with Crippen molar-refractivity contribution in [2.45, 2.75) is 43.6 Å². The van der Waals surface area contributed by atoms with E-state index in [4.69, 9.17) is 4.74 Å². The van der Waals surface area contributed by atoms with Crippen LogP contribution >= 0.6 is 11.8 Å². The Morgan fingerprint density at radius 3 is 2.53 bits per heavy atom. The Balaban J connectivity index is 1.60. The Labute approximate surface area is 180 Å². The van der Waals surface area contributed by atoms with Crippen molar-refractivity contribution in [3.8, 4) is 5.75 Å². The number of benzene rings is 2. The number of nitrogens with zero attached hydrogens (tertiary/aromatic N) is 3. The summed E-state index contributed by atoms with van der Waals surface area (Å²) in [6, 6.07) is 15.4. The lowest BCUT2D eigenvalue weighted by Gasteiger charge is -2.33. The van der Waals surface area contributed by atoms with Crippen molar-refractivity contribution < 1.29 is 9.53 Å². The molecule has 30 heavy (non-hydrogen) atoms. The van der Waals surface area contributed by atoms with Crippen LogP contribution in [-0.2, 0) is 11.2 Å². The van der Waals surface area contributed by atoms with E-state index in [1.165, 1.54) is 17.3 Å². The molecule has 156 valence electrons. The minimum Gasteiger partial charge on any atom is -0.494 e. The van der Waals surface area contributed by atoms with Gasteiger partial charge in [-0.1, -0.05) is 48.5 Å². The number of ether oxygens (including phenoxy) is 1. The van der Waals surface area contributed by atoms with Crippen LogP contribution < -0.4 is 15.5 Å². The van der Waals surface area contributed by atoms with Gasteiger partial charge in [0.25, 0.3) is 0 Å². The number of fused-ring (bicyclic) bond motifs is 1. The molecule has 0 saturated heterocycles. The van der Waals surface area contributed by atoms with Gasteiger partial charge in [-0.25, -0.2) is 4.68 Å². The smallest absolute Gasteiger partial charge is 0.240 e. The second-order valence-electron chi connectivity index (χ2n) is 7.09. The molecule has 2 heterocycles. The van der Waals surface area contributed by atoms with Crippen LogP contribution in [0.15, 0.2) is 53.7 Å². The van der Waals surface area contributed by atoms with Gasteiger partial charge in [0.2, 0.25) is 11.1 Å². The van der Waals surface area contributed by atoms with Gasteiger partial charge in [-0.3, -0.25) is 4.79 Å². The van der Waals surface area contributed by atoms with E-state index in [1.54, 1.807) is 0 Å². The lowest BCUT2D eigenvalue weighted by molar-refractivity contribution is -0.116. The highest BCUT2D eigenvalue weighted by Gasteiger charge is 2.37. The number of hydrogen-bond donors (Lipinski definition) is 2. The third-order valence-corrected chi connectivity index (χ3v) is 6.16. The summed E-state index contributed by atoms with van der Waals surface area (Å²) in [6.45, 7) is 6.64. The Bertz CT molecular complexity index is 1020. The van der Waals surface area contributed by atoms with E-state index in [2.05, 4.69) is 52.1 Å². The maximum absolute atomic E-state index is 13.3. The highest BCUT2D eigenvalue weighted by Crippen LogP contribution is 2.37. The van der Waals surface area contributed by atoms with E-state index in [9.17, 15) is 4.79 Å². The van der Waals surface area contributed by atoms with Gasteiger partial charge in [0.05, 0.1) is 12.6 Å². The van der Waals surface area contributed by atoms with Crippen molar-refractivity contribution in [3.05, 3.63) is 65.5 Å². The fraction of sp³-hybridized carbons (Fsp3) is 0.318. The highest BCUT2D eigenvalue weighted by molar-refractivity contribution is 8.00. The first-order chi connectivity index (χ1) is 14.6. The maximum Gasteiger partial charge on any atom is 0.240 e. The summed E-state index contributed by atoms with van der Waals surface area (Å²) in [6.07, 6.45) is 0.754.